The van der Waals surface area contributed by atoms with E-state index in [9.17, 15) is 24.5 Å². The highest BCUT2D eigenvalue weighted by atomic mass is 16.6. The van der Waals surface area contributed by atoms with E-state index in [2.05, 4.69) is 0 Å². The first-order chi connectivity index (χ1) is 10.8. The highest BCUT2D eigenvalue weighted by molar-refractivity contribution is 6.02. The second-order valence-electron chi connectivity index (χ2n) is 4.52. The molecule has 0 aliphatic rings. The molecule has 8 nitrogen and oxygen atoms in total. The smallest absolute Gasteiger partial charge is 0.325 e. The molecule has 124 valence electrons. The molecule has 0 aromatic heterocycles. The van der Waals surface area contributed by atoms with Crippen molar-refractivity contribution in [2.24, 2.45) is 0 Å². The van der Waals surface area contributed by atoms with Gasteiger partial charge < -0.3 is 9.47 Å². The number of carbonyl (C=O) groups is 3. The molecule has 0 unspecified atom stereocenters. The number of benzene rings is 1. The van der Waals surface area contributed by atoms with Crippen LogP contribution in [0.3, 0.4) is 0 Å². The first kappa shape index (κ1) is 18.3. The Balaban J connectivity index is 3.45. The normalized spacial score (nSPS) is 10.3. The van der Waals surface area contributed by atoms with Crippen molar-refractivity contribution in [3.05, 3.63) is 39.4 Å². The molecule has 0 bridgehead atoms. The van der Waals surface area contributed by atoms with Gasteiger partial charge in [-0.2, -0.15) is 0 Å². The Labute approximate surface area is 132 Å². The van der Waals surface area contributed by atoms with Gasteiger partial charge in [0.2, 0.25) is 0 Å². The third-order valence-corrected chi connectivity index (χ3v) is 2.99. The largest absolute Gasteiger partial charge is 0.465 e. The van der Waals surface area contributed by atoms with E-state index < -0.39 is 28.5 Å². The van der Waals surface area contributed by atoms with E-state index in [-0.39, 0.29) is 30.1 Å². The van der Waals surface area contributed by atoms with E-state index in [0.717, 1.165) is 6.07 Å². The minimum atomic E-state index is -1.57. The van der Waals surface area contributed by atoms with Gasteiger partial charge in [0.05, 0.1) is 23.7 Å². The van der Waals surface area contributed by atoms with Crippen molar-refractivity contribution in [1.29, 1.82) is 0 Å². The van der Waals surface area contributed by atoms with Crippen LogP contribution in [0.2, 0.25) is 0 Å². The van der Waals surface area contributed by atoms with E-state index in [1.165, 1.54) is 19.1 Å². The van der Waals surface area contributed by atoms with Gasteiger partial charge in [-0.05, 0) is 26.8 Å². The third-order valence-electron chi connectivity index (χ3n) is 2.99. The third kappa shape index (κ3) is 4.35. The molecule has 1 aromatic rings. The van der Waals surface area contributed by atoms with Crippen molar-refractivity contribution in [1.82, 2.24) is 0 Å². The van der Waals surface area contributed by atoms with Crippen LogP contribution in [0.1, 0.15) is 42.6 Å². The number of nitrogens with zero attached hydrogens (tertiary/aromatic N) is 1. The van der Waals surface area contributed by atoms with Gasteiger partial charge in [0, 0.05) is 11.6 Å². The molecule has 0 spiro atoms. The highest BCUT2D eigenvalue weighted by Gasteiger charge is 2.37. The zero-order valence-electron chi connectivity index (χ0n) is 13.0. The van der Waals surface area contributed by atoms with Crippen LogP contribution in [0, 0.1) is 10.1 Å². The lowest BCUT2D eigenvalue weighted by molar-refractivity contribution is -0.385. The van der Waals surface area contributed by atoms with Crippen LogP contribution in [0.25, 0.3) is 0 Å². The van der Waals surface area contributed by atoms with Crippen molar-refractivity contribution in [2.75, 3.05) is 13.2 Å². The fourth-order valence-corrected chi connectivity index (χ4v) is 1.97. The molecule has 0 N–H and O–H groups in total. The summed E-state index contributed by atoms with van der Waals surface area (Å²) in [6.07, 6.45) is 0. The zero-order valence-corrected chi connectivity index (χ0v) is 13.0. The van der Waals surface area contributed by atoms with Gasteiger partial charge in [-0.25, -0.2) is 0 Å². The fourth-order valence-electron chi connectivity index (χ4n) is 1.97. The van der Waals surface area contributed by atoms with E-state index in [1.807, 2.05) is 0 Å². The Bertz CT molecular complexity index is 621. The summed E-state index contributed by atoms with van der Waals surface area (Å²) in [6, 6.07) is 3.55. The minimum absolute atomic E-state index is 0.00800. The first-order valence-corrected chi connectivity index (χ1v) is 6.95. The number of nitro groups is 1. The molecule has 1 aromatic carbocycles. The topological polar surface area (TPSA) is 113 Å². The SMILES string of the molecule is CCOC(=O)C(C(=O)OCC)c1ccc(C(C)=O)cc1[N+](=O)[O-]. The first-order valence-electron chi connectivity index (χ1n) is 6.95. The van der Waals surface area contributed by atoms with Crippen LogP contribution in [0.4, 0.5) is 5.69 Å². The Kier molecular flexibility index (Phi) is 6.37. The molecule has 0 fully saturated rings. The quantitative estimate of drug-likeness (QED) is 0.248. The van der Waals surface area contributed by atoms with Gasteiger partial charge in [0.15, 0.2) is 11.7 Å². The maximum Gasteiger partial charge on any atom is 0.325 e. The summed E-state index contributed by atoms with van der Waals surface area (Å²) in [5.41, 5.74) is -0.576. The Morgan fingerprint density at radius 1 is 1.13 bits per heavy atom. The maximum atomic E-state index is 12.0. The van der Waals surface area contributed by atoms with Crippen molar-refractivity contribution >= 4 is 23.4 Å². The van der Waals surface area contributed by atoms with Crippen molar-refractivity contribution in [3.8, 4) is 0 Å². The number of nitro benzene ring substituents is 1. The molecular formula is C15H17NO7. The van der Waals surface area contributed by atoms with E-state index >= 15 is 0 Å². The van der Waals surface area contributed by atoms with Crippen LogP contribution in [-0.2, 0) is 19.1 Å². The molecule has 8 heteroatoms. The summed E-state index contributed by atoms with van der Waals surface area (Å²) in [4.78, 5) is 45.9. The molecule has 0 saturated carbocycles. The monoisotopic (exact) mass is 323 g/mol. The van der Waals surface area contributed by atoms with Crippen LogP contribution >= 0.6 is 0 Å². The van der Waals surface area contributed by atoms with Crippen molar-refractivity contribution < 1.29 is 28.8 Å². The molecule has 0 heterocycles. The highest BCUT2D eigenvalue weighted by Crippen LogP contribution is 2.30. The predicted molar refractivity (Wildman–Crippen MR) is 79.1 cm³/mol. The van der Waals surface area contributed by atoms with Gasteiger partial charge in [0.25, 0.3) is 5.69 Å². The number of esters is 2. The van der Waals surface area contributed by atoms with Gasteiger partial charge in [-0.3, -0.25) is 24.5 Å². The number of rotatable bonds is 7. The molecule has 0 amide bonds. The summed E-state index contributed by atoms with van der Waals surface area (Å²) < 4.78 is 9.62. The van der Waals surface area contributed by atoms with Crippen LogP contribution < -0.4 is 0 Å². The predicted octanol–water partition coefficient (Wildman–Crippen LogP) is 2.01. The number of ether oxygens (including phenoxy) is 2. The number of ketones is 1. The van der Waals surface area contributed by atoms with E-state index in [1.54, 1.807) is 13.8 Å². The van der Waals surface area contributed by atoms with Crippen LogP contribution in [-0.4, -0.2) is 35.9 Å². The molecule has 23 heavy (non-hydrogen) atoms. The van der Waals surface area contributed by atoms with Crippen molar-refractivity contribution in [2.45, 2.75) is 26.7 Å². The molecular weight excluding hydrogens is 306 g/mol. The molecule has 0 radical (unpaired) electrons. The van der Waals surface area contributed by atoms with Crippen LogP contribution in [0.5, 0.6) is 0 Å². The Hall–Kier alpha value is -2.77. The second-order valence-corrected chi connectivity index (χ2v) is 4.52. The number of Topliss-reactive ketones (excluding diaryl/α,β-unsaturated/α-hetero) is 1. The molecule has 0 saturated heterocycles. The van der Waals surface area contributed by atoms with Gasteiger partial charge in [0.1, 0.15) is 0 Å². The summed E-state index contributed by atoms with van der Waals surface area (Å²) in [5, 5.41) is 11.3. The number of hydrogen-bond donors (Lipinski definition) is 0. The van der Waals surface area contributed by atoms with Crippen molar-refractivity contribution in [3.63, 3.8) is 0 Å². The number of hydrogen-bond acceptors (Lipinski definition) is 7. The van der Waals surface area contributed by atoms with E-state index in [0.29, 0.717) is 0 Å². The second kappa shape index (κ2) is 8.02. The van der Waals surface area contributed by atoms with Gasteiger partial charge >= 0.3 is 11.9 Å². The average molecular weight is 323 g/mol. The molecule has 0 aliphatic carbocycles. The van der Waals surface area contributed by atoms with Gasteiger partial charge in [-0.15, -0.1) is 0 Å². The Morgan fingerprint density at radius 2 is 1.65 bits per heavy atom. The minimum Gasteiger partial charge on any atom is -0.465 e. The Morgan fingerprint density at radius 3 is 2.04 bits per heavy atom. The van der Waals surface area contributed by atoms with Gasteiger partial charge in [-0.1, -0.05) is 6.07 Å². The summed E-state index contributed by atoms with van der Waals surface area (Å²) >= 11 is 0. The van der Waals surface area contributed by atoms with E-state index in [4.69, 9.17) is 9.47 Å². The summed E-state index contributed by atoms with van der Waals surface area (Å²) in [5.74, 6) is -3.82. The summed E-state index contributed by atoms with van der Waals surface area (Å²) in [6.45, 7) is 4.37. The van der Waals surface area contributed by atoms with Crippen LogP contribution in [0.15, 0.2) is 18.2 Å². The zero-order chi connectivity index (χ0) is 17.6. The molecule has 0 atom stereocenters. The number of carbonyl (C=O) groups excluding carboxylic acids is 3. The lowest BCUT2D eigenvalue weighted by atomic mass is 9.95. The lowest BCUT2D eigenvalue weighted by Crippen LogP contribution is -2.27. The molecule has 1 rings (SSSR count). The standard InChI is InChI=1S/C15H17NO7/c1-4-22-14(18)13(15(19)23-5-2)11-7-6-10(9(3)17)8-12(11)16(20)21/h6-8,13H,4-5H2,1-3H3. The summed E-state index contributed by atoms with van der Waals surface area (Å²) in [7, 11) is 0. The fraction of sp³-hybridized carbons (Fsp3) is 0.400. The maximum absolute atomic E-state index is 12.0. The lowest BCUT2D eigenvalue weighted by Gasteiger charge is -2.15. The average Bonchev–Trinajstić information content (AvgIpc) is 2.47. The molecule has 0 aliphatic heterocycles.